The quantitative estimate of drug-likeness (QED) is 0.390. The lowest BCUT2D eigenvalue weighted by molar-refractivity contribution is 0.372. The first-order valence-electron chi connectivity index (χ1n) is 3.13. The van der Waals surface area contributed by atoms with E-state index in [9.17, 15) is 4.57 Å². The van der Waals surface area contributed by atoms with Gasteiger partial charge in [0.15, 0.2) is 0 Å². The normalized spacial score (nSPS) is 10.2. The summed E-state index contributed by atoms with van der Waals surface area (Å²) in [4.78, 5) is 30.8. The van der Waals surface area contributed by atoms with Crippen LogP contribution in [0.3, 0.4) is 0 Å². The summed E-state index contributed by atoms with van der Waals surface area (Å²) in [6.07, 6.45) is 0.312. The van der Waals surface area contributed by atoms with E-state index in [0.717, 1.165) is 0 Å². The number of rotatable bonds is 3. The van der Waals surface area contributed by atoms with Gasteiger partial charge < -0.3 is 19.6 Å². The summed E-state index contributed by atoms with van der Waals surface area (Å²) in [7, 11) is -6.98. The first-order valence-corrected chi connectivity index (χ1v) is 6.23. The molecular formula is C4H11NO6P2. The SMILES string of the molecule is N#CCCCP(=O)(O)O.O=[PH](O)O. The molecule has 0 aromatic carbocycles. The van der Waals surface area contributed by atoms with Gasteiger partial charge in [0.05, 0.1) is 12.2 Å². The van der Waals surface area contributed by atoms with E-state index < -0.39 is 15.9 Å². The first-order chi connectivity index (χ1) is 5.79. The fraction of sp³-hybridized carbons (Fsp3) is 0.750. The summed E-state index contributed by atoms with van der Waals surface area (Å²) in [6, 6.07) is 1.80. The highest BCUT2D eigenvalue weighted by Gasteiger charge is 2.10. The third-order valence-corrected chi connectivity index (χ3v) is 1.64. The van der Waals surface area contributed by atoms with Crippen molar-refractivity contribution in [3.63, 3.8) is 0 Å². The van der Waals surface area contributed by atoms with Crippen LogP contribution >= 0.6 is 15.9 Å². The van der Waals surface area contributed by atoms with E-state index in [1.54, 1.807) is 6.07 Å². The van der Waals surface area contributed by atoms with E-state index in [1.807, 2.05) is 0 Å². The Kier molecular flexibility index (Phi) is 9.86. The van der Waals surface area contributed by atoms with Gasteiger partial charge in [-0.3, -0.25) is 9.13 Å². The molecule has 9 heteroatoms. The van der Waals surface area contributed by atoms with Crippen LogP contribution < -0.4 is 0 Å². The lowest BCUT2D eigenvalue weighted by Crippen LogP contribution is -1.85. The summed E-state index contributed by atoms with van der Waals surface area (Å²) in [5.41, 5.74) is 0. The van der Waals surface area contributed by atoms with E-state index >= 15 is 0 Å². The minimum absolute atomic E-state index is 0.180. The van der Waals surface area contributed by atoms with Crippen LogP contribution in [0.1, 0.15) is 12.8 Å². The Bertz CT molecular complexity index is 225. The molecule has 0 spiro atoms. The Morgan fingerprint density at radius 3 is 2.00 bits per heavy atom. The van der Waals surface area contributed by atoms with Gasteiger partial charge in [-0.15, -0.1) is 0 Å². The summed E-state index contributed by atoms with van der Waals surface area (Å²) in [6.45, 7) is 0. The second kappa shape index (κ2) is 8.39. The van der Waals surface area contributed by atoms with E-state index in [4.69, 9.17) is 29.4 Å². The standard InChI is InChI=1S/C4H8NO3P.H3O3P/c5-3-1-2-4-9(6,7)8;1-4(2)3/h1-2,4H2,(H2,6,7,8);4H,(H2,1,2,3). The maximum atomic E-state index is 10.1. The average Bonchev–Trinajstić information content (AvgIpc) is 1.83. The molecule has 0 aromatic heterocycles. The summed E-state index contributed by atoms with van der Waals surface area (Å²) >= 11 is 0. The van der Waals surface area contributed by atoms with Crippen LogP contribution in [0.25, 0.3) is 0 Å². The van der Waals surface area contributed by atoms with Gasteiger partial charge in [-0.05, 0) is 6.42 Å². The summed E-state index contributed by atoms with van der Waals surface area (Å²) in [5, 5.41) is 7.96. The smallest absolute Gasteiger partial charge is 0.325 e. The fourth-order valence-corrected chi connectivity index (χ4v) is 0.934. The van der Waals surface area contributed by atoms with Gasteiger partial charge in [0.25, 0.3) is 0 Å². The summed E-state index contributed by atoms with van der Waals surface area (Å²) in [5.74, 6) is 0. The summed E-state index contributed by atoms with van der Waals surface area (Å²) < 4.78 is 18.8. The highest BCUT2D eigenvalue weighted by atomic mass is 31.2. The maximum Gasteiger partial charge on any atom is 0.325 e. The van der Waals surface area contributed by atoms with Gasteiger partial charge in [0.1, 0.15) is 0 Å². The molecule has 4 N–H and O–H groups in total. The number of hydrogen-bond acceptors (Lipinski definition) is 3. The van der Waals surface area contributed by atoms with Gasteiger partial charge >= 0.3 is 15.9 Å². The number of unbranched alkanes of at least 4 members (excludes halogenated alkanes) is 1. The molecular weight excluding hydrogens is 220 g/mol. The lowest BCUT2D eigenvalue weighted by Gasteiger charge is -1.98. The van der Waals surface area contributed by atoms with Crippen molar-refractivity contribution in [1.82, 2.24) is 0 Å². The highest BCUT2D eigenvalue weighted by Crippen LogP contribution is 2.35. The second-order valence-electron chi connectivity index (χ2n) is 1.93. The molecule has 0 amide bonds. The minimum Gasteiger partial charge on any atom is -0.326 e. The zero-order valence-corrected chi connectivity index (χ0v) is 8.52. The van der Waals surface area contributed by atoms with E-state index in [1.165, 1.54) is 0 Å². The van der Waals surface area contributed by atoms with Crippen molar-refractivity contribution >= 4 is 15.9 Å². The molecule has 0 unspecified atom stereocenters. The molecule has 0 fully saturated rings. The predicted octanol–water partition coefficient (Wildman–Crippen LogP) is -0.171. The van der Waals surface area contributed by atoms with Crippen LogP contribution in [0.5, 0.6) is 0 Å². The van der Waals surface area contributed by atoms with Crippen molar-refractivity contribution in [1.29, 1.82) is 5.26 Å². The maximum absolute atomic E-state index is 10.1. The van der Waals surface area contributed by atoms with Crippen molar-refractivity contribution in [3.8, 4) is 6.07 Å². The molecule has 0 bridgehead atoms. The van der Waals surface area contributed by atoms with Crippen LogP contribution in [0.15, 0.2) is 0 Å². The third kappa shape index (κ3) is 33.7. The van der Waals surface area contributed by atoms with Crippen LogP contribution in [0.2, 0.25) is 0 Å². The van der Waals surface area contributed by atoms with E-state index in [-0.39, 0.29) is 19.0 Å². The predicted molar refractivity (Wildman–Crippen MR) is 45.2 cm³/mol. The lowest BCUT2D eigenvalue weighted by atomic mass is 10.4. The van der Waals surface area contributed by atoms with Gasteiger partial charge in [-0.2, -0.15) is 5.26 Å². The van der Waals surface area contributed by atoms with Crippen molar-refractivity contribution in [2.75, 3.05) is 6.16 Å². The van der Waals surface area contributed by atoms with Crippen LogP contribution in [-0.4, -0.2) is 25.7 Å². The molecule has 0 atom stereocenters. The molecule has 0 aromatic rings. The molecule has 0 saturated heterocycles. The second-order valence-corrected chi connectivity index (χ2v) is 4.27. The molecule has 0 heterocycles. The first kappa shape index (κ1) is 15.3. The Labute approximate surface area is 75.8 Å². The third-order valence-electron chi connectivity index (χ3n) is 0.738. The number of hydrogen-bond donors (Lipinski definition) is 4. The van der Waals surface area contributed by atoms with Crippen LogP contribution in [0.4, 0.5) is 0 Å². The topological polar surface area (TPSA) is 139 Å². The van der Waals surface area contributed by atoms with E-state index in [2.05, 4.69) is 0 Å². The zero-order valence-electron chi connectivity index (χ0n) is 6.62. The fourth-order valence-electron chi connectivity index (χ4n) is 0.364. The molecule has 0 rings (SSSR count). The van der Waals surface area contributed by atoms with Gasteiger partial charge in [0.2, 0.25) is 0 Å². The Hall–Kier alpha value is -0.210. The molecule has 0 radical (unpaired) electrons. The molecule has 0 saturated carbocycles. The van der Waals surface area contributed by atoms with Crippen molar-refractivity contribution in [3.05, 3.63) is 0 Å². The number of nitrogens with zero attached hydrogens (tertiary/aromatic N) is 1. The van der Waals surface area contributed by atoms with Crippen molar-refractivity contribution in [2.45, 2.75) is 12.8 Å². The molecule has 0 aliphatic carbocycles. The Balaban J connectivity index is 0. The molecule has 0 aliphatic heterocycles. The molecule has 7 nitrogen and oxygen atoms in total. The molecule has 0 aliphatic rings. The van der Waals surface area contributed by atoms with Gasteiger partial charge in [0, 0.05) is 6.42 Å². The van der Waals surface area contributed by atoms with E-state index in [0.29, 0.717) is 0 Å². The van der Waals surface area contributed by atoms with Crippen molar-refractivity contribution < 1.29 is 28.7 Å². The molecule has 13 heavy (non-hydrogen) atoms. The average molecular weight is 231 g/mol. The van der Waals surface area contributed by atoms with Crippen LogP contribution in [0, 0.1) is 11.3 Å². The van der Waals surface area contributed by atoms with Crippen LogP contribution in [-0.2, 0) is 9.13 Å². The van der Waals surface area contributed by atoms with Crippen molar-refractivity contribution in [2.24, 2.45) is 0 Å². The largest absolute Gasteiger partial charge is 0.326 e. The van der Waals surface area contributed by atoms with Gasteiger partial charge in [-0.25, -0.2) is 0 Å². The highest BCUT2D eigenvalue weighted by molar-refractivity contribution is 7.51. The molecule has 78 valence electrons. The minimum atomic E-state index is -3.85. The van der Waals surface area contributed by atoms with Gasteiger partial charge in [-0.1, -0.05) is 0 Å². The Morgan fingerprint density at radius 1 is 1.38 bits per heavy atom. The monoisotopic (exact) mass is 231 g/mol. The zero-order chi connectivity index (χ0) is 10.9. The Morgan fingerprint density at radius 2 is 1.77 bits per heavy atom. The number of nitriles is 1.